The predicted octanol–water partition coefficient (Wildman–Crippen LogP) is 0.991. The van der Waals surface area contributed by atoms with Crippen LogP contribution in [0.4, 0.5) is 4.79 Å². The van der Waals surface area contributed by atoms with Gasteiger partial charge >= 0.3 is 17.8 Å². The molecule has 1 atom stereocenters. The first-order valence-corrected chi connectivity index (χ1v) is 8.07. The van der Waals surface area contributed by atoms with Gasteiger partial charge in [0.2, 0.25) is 5.91 Å². The second-order valence-electron chi connectivity index (χ2n) is 5.93. The van der Waals surface area contributed by atoms with Gasteiger partial charge in [-0.05, 0) is 37.3 Å². The molecule has 126 valence electrons. The summed E-state index contributed by atoms with van der Waals surface area (Å²) in [5.41, 5.74) is 2.28. The van der Waals surface area contributed by atoms with Crippen molar-refractivity contribution < 1.29 is 19.2 Å². The van der Waals surface area contributed by atoms with Gasteiger partial charge in [0.25, 0.3) is 0 Å². The summed E-state index contributed by atoms with van der Waals surface area (Å²) in [6.07, 6.45) is 2.75. The summed E-state index contributed by atoms with van der Waals surface area (Å²) in [7, 11) is 0. The first kappa shape index (κ1) is 16.2. The number of carbonyl (C=O) groups excluding carboxylic acids is 4. The average Bonchev–Trinajstić information content (AvgIpc) is 2.78. The summed E-state index contributed by atoms with van der Waals surface area (Å²) in [5, 5.41) is 2.88. The number of hydrogen-bond donors (Lipinski definition) is 1. The minimum atomic E-state index is -0.943. The third-order valence-corrected chi connectivity index (χ3v) is 4.46. The van der Waals surface area contributed by atoms with Gasteiger partial charge in [-0.3, -0.25) is 19.3 Å². The fourth-order valence-corrected chi connectivity index (χ4v) is 3.26. The van der Waals surface area contributed by atoms with Crippen molar-refractivity contribution in [1.29, 1.82) is 0 Å². The number of amides is 5. The van der Waals surface area contributed by atoms with E-state index in [1.165, 1.54) is 5.56 Å². The summed E-state index contributed by atoms with van der Waals surface area (Å²) in [4.78, 5) is 49.4. The van der Waals surface area contributed by atoms with Crippen LogP contribution in [0.1, 0.15) is 36.9 Å². The maximum Gasteiger partial charge on any atom is 0.334 e. The van der Waals surface area contributed by atoms with Crippen LogP contribution in [0.5, 0.6) is 0 Å². The van der Waals surface area contributed by atoms with Crippen LogP contribution in [-0.2, 0) is 20.8 Å². The van der Waals surface area contributed by atoms with Gasteiger partial charge in [0.15, 0.2) is 0 Å². The van der Waals surface area contributed by atoms with E-state index in [0.717, 1.165) is 29.7 Å². The standard InChI is InChI=1S/C17H19N3O4/c1-2-19-15(22)16(23)20(17(19)24)10-14(21)18-13-9-5-7-11-6-3-4-8-12(11)13/h3-4,6,8,13H,2,5,7,9-10H2,1H3,(H,18,21)/t13-/m1/s1. The zero-order chi connectivity index (χ0) is 17.3. The van der Waals surface area contributed by atoms with Crippen LogP contribution in [0.2, 0.25) is 0 Å². The van der Waals surface area contributed by atoms with E-state index < -0.39 is 30.3 Å². The minimum absolute atomic E-state index is 0.109. The number of nitrogens with one attached hydrogen (secondary N) is 1. The molecule has 1 aromatic rings. The highest BCUT2D eigenvalue weighted by molar-refractivity contribution is 6.45. The van der Waals surface area contributed by atoms with Gasteiger partial charge in [0.1, 0.15) is 6.54 Å². The van der Waals surface area contributed by atoms with E-state index in [2.05, 4.69) is 5.32 Å². The summed E-state index contributed by atoms with van der Waals surface area (Å²) < 4.78 is 0. The number of urea groups is 1. The maximum atomic E-state index is 12.3. The smallest absolute Gasteiger partial charge is 0.334 e. The lowest BCUT2D eigenvalue weighted by molar-refractivity contribution is -0.144. The largest absolute Gasteiger partial charge is 0.348 e. The normalized spacial score (nSPS) is 20.4. The van der Waals surface area contributed by atoms with Crippen molar-refractivity contribution in [2.45, 2.75) is 32.2 Å². The van der Waals surface area contributed by atoms with Crippen molar-refractivity contribution in [1.82, 2.24) is 15.1 Å². The number of carbonyl (C=O) groups is 4. The monoisotopic (exact) mass is 329 g/mol. The van der Waals surface area contributed by atoms with Gasteiger partial charge in [-0.1, -0.05) is 24.3 Å². The van der Waals surface area contributed by atoms with Crippen LogP contribution in [-0.4, -0.2) is 46.6 Å². The third-order valence-electron chi connectivity index (χ3n) is 4.46. The quantitative estimate of drug-likeness (QED) is 0.659. The topological polar surface area (TPSA) is 86.8 Å². The molecular weight excluding hydrogens is 310 g/mol. The molecule has 7 heteroatoms. The molecule has 1 N–H and O–H groups in total. The van der Waals surface area contributed by atoms with E-state index in [1.54, 1.807) is 6.92 Å². The molecule has 24 heavy (non-hydrogen) atoms. The Morgan fingerprint density at radius 1 is 1.17 bits per heavy atom. The summed E-state index contributed by atoms with van der Waals surface area (Å²) in [6.45, 7) is 1.28. The van der Waals surface area contributed by atoms with Gasteiger partial charge in [-0.15, -0.1) is 0 Å². The number of imide groups is 2. The van der Waals surface area contributed by atoms with E-state index in [-0.39, 0.29) is 12.6 Å². The molecule has 5 amide bonds. The molecule has 0 unspecified atom stereocenters. The lowest BCUT2D eigenvalue weighted by Crippen LogP contribution is -2.43. The molecule has 0 spiro atoms. The molecule has 0 radical (unpaired) electrons. The van der Waals surface area contributed by atoms with E-state index in [1.807, 2.05) is 24.3 Å². The van der Waals surface area contributed by atoms with Crippen molar-refractivity contribution >= 4 is 23.8 Å². The Bertz CT molecular complexity index is 716. The van der Waals surface area contributed by atoms with Crippen molar-refractivity contribution in [3.63, 3.8) is 0 Å². The molecule has 0 aromatic heterocycles. The van der Waals surface area contributed by atoms with Gasteiger partial charge in [-0.2, -0.15) is 0 Å². The van der Waals surface area contributed by atoms with E-state index in [0.29, 0.717) is 4.90 Å². The van der Waals surface area contributed by atoms with Gasteiger partial charge < -0.3 is 5.32 Å². The zero-order valence-electron chi connectivity index (χ0n) is 13.4. The Balaban J connectivity index is 1.68. The van der Waals surface area contributed by atoms with E-state index in [4.69, 9.17) is 0 Å². The zero-order valence-corrected chi connectivity index (χ0v) is 13.4. The molecule has 7 nitrogen and oxygen atoms in total. The average molecular weight is 329 g/mol. The molecule has 1 aliphatic heterocycles. The van der Waals surface area contributed by atoms with Crippen LogP contribution < -0.4 is 5.32 Å². The SMILES string of the molecule is CCN1C(=O)C(=O)N(CC(=O)N[C@@H]2CCCc3ccccc32)C1=O. The molecule has 0 saturated carbocycles. The molecule has 2 aliphatic rings. The Hall–Kier alpha value is -2.70. The predicted molar refractivity (Wildman–Crippen MR) is 84.8 cm³/mol. The number of hydrogen-bond acceptors (Lipinski definition) is 4. The van der Waals surface area contributed by atoms with Gasteiger partial charge in [0.05, 0.1) is 6.04 Å². The lowest BCUT2D eigenvalue weighted by Gasteiger charge is -2.27. The Morgan fingerprint density at radius 3 is 2.58 bits per heavy atom. The Morgan fingerprint density at radius 2 is 1.88 bits per heavy atom. The number of fused-ring (bicyclic) bond motifs is 1. The number of nitrogens with zero attached hydrogens (tertiary/aromatic N) is 2. The van der Waals surface area contributed by atoms with Crippen molar-refractivity contribution in [3.05, 3.63) is 35.4 Å². The highest BCUT2D eigenvalue weighted by atomic mass is 16.2. The number of rotatable bonds is 4. The Labute approximate surface area is 139 Å². The van der Waals surface area contributed by atoms with Crippen LogP contribution in [0.15, 0.2) is 24.3 Å². The summed E-state index contributed by atoms with van der Waals surface area (Å²) >= 11 is 0. The highest BCUT2D eigenvalue weighted by Gasteiger charge is 2.44. The number of aryl methyl sites for hydroxylation is 1. The van der Waals surface area contributed by atoms with Crippen LogP contribution >= 0.6 is 0 Å². The van der Waals surface area contributed by atoms with E-state index >= 15 is 0 Å². The fourth-order valence-electron chi connectivity index (χ4n) is 3.26. The second kappa shape index (κ2) is 6.43. The number of likely N-dealkylation sites (N-methyl/N-ethyl adjacent to an activating group) is 1. The van der Waals surface area contributed by atoms with Crippen LogP contribution in [0.25, 0.3) is 0 Å². The number of benzene rings is 1. The second-order valence-corrected chi connectivity index (χ2v) is 5.93. The maximum absolute atomic E-state index is 12.3. The molecule has 0 bridgehead atoms. The third kappa shape index (κ3) is 2.77. The summed E-state index contributed by atoms with van der Waals surface area (Å²) in [5.74, 6) is -2.26. The molecular formula is C17H19N3O4. The van der Waals surface area contributed by atoms with Crippen LogP contribution in [0.3, 0.4) is 0 Å². The first-order valence-electron chi connectivity index (χ1n) is 8.07. The molecule has 1 heterocycles. The molecule has 3 rings (SSSR count). The van der Waals surface area contributed by atoms with Crippen molar-refractivity contribution in [2.24, 2.45) is 0 Å². The van der Waals surface area contributed by atoms with Crippen LogP contribution in [0, 0.1) is 0 Å². The van der Waals surface area contributed by atoms with E-state index in [9.17, 15) is 19.2 Å². The van der Waals surface area contributed by atoms with Crippen molar-refractivity contribution in [3.8, 4) is 0 Å². The summed E-state index contributed by atoms with van der Waals surface area (Å²) in [6, 6.07) is 7.05. The fraction of sp³-hybridized carbons (Fsp3) is 0.412. The lowest BCUT2D eigenvalue weighted by atomic mass is 9.88. The molecule has 1 fully saturated rings. The first-order chi connectivity index (χ1) is 11.5. The van der Waals surface area contributed by atoms with Crippen molar-refractivity contribution in [2.75, 3.05) is 13.1 Å². The highest BCUT2D eigenvalue weighted by Crippen LogP contribution is 2.29. The molecule has 1 saturated heterocycles. The molecule has 1 aromatic carbocycles. The minimum Gasteiger partial charge on any atom is -0.348 e. The molecule has 1 aliphatic carbocycles. The van der Waals surface area contributed by atoms with Gasteiger partial charge in [0, 0.05) is 6.54 Å². The van der Waals surface area contributed by atoms with Gasteiger partial charge in [-0.25, -0.2) is 9.69 Å². The Kier molecular flexibility index (Phi) is 4.33.